The van der Waals surface area contributed by atoms with Crippen LogP contribution in [-0.4, -0.2) is 20.3 Å². The van der Waals surface area contributed by atoms with Crippen LogP contribution < -0.4 is 0 Å². The first-order chi connectivity index (χ1) is 7.52. The highest BCUT2D eigenvalue weighted by molar-refractivity contribution is 6.04. The van der Waals surface area contributed by atoms with E-state index in [1.807, 2.05) is 11.6 Å². The van der Waals surface area contributed by atoms with E-state index in [2.05, 4.69) is 23.8 Å². The summed E-state index contributed by atoms with van der Waals surface area (Å²) in [6.07, 6.45) is 1.66. The van der Waals surface area contributed by atoms with E-state index in [0.29, 0.717) is 17.0 Å². The van der Waals surface area contributed by atoms with Gasteiger partial charge in [0.25, 0.3) is 0 Å². The van der Waals surface area contributed by atoms with Crippen LogP contribution in [0.1, 0.15) is 42.9 Å². The first-order valence-electron chi connectivity index (χ1n) is 5.34. The Morgan fingerprint density at radius 1 is 1.44 bits per heavy atom. The molecule has 0 fully saturated rings. The van der Waals surface area contributed by atoms with E-state index in [0.717, 1.165) is 11.5 Å². The predicted molar refractivity (Wildman–Crippen MR) is 62.6 cm³/mol. The normalized spacial score (nSPS) is 11.3. The maximum atomic E-state index is 11.5. The van der Waals surface area contributed by atoms with Gasteiger partial charge in [0.1, 0.15) is 11.3 Å². The lowest BCUT2D eigenvalue weighted by molar-refractivity contribution is 0.101. The second-order valence-electron chi connectivity index (χ2n) is 4.27. The molecule has 2 aromatic heterocycles. The smallest absolute Gasteiger partial charge is 0.162 e. The molecule has 0 N–H and O–H groups in total. The van der Waals surface area contributed by atoms with Crippen molar-refractivity contribution in [3.8, 4) is 0 Å². The van der Waals surface area contributed by atoms with E-state index < -0.39 is 0 Å². The summed E-state index contributed by atoms with van der Waals surface area (Å²) in [6, 6.07) is 1.72. The molecule has 4 heteroatoms. The third-order valence-electron chi connectivity index (χ3n) is 2.69. The summed E-state index contributed by atoms with van der Waals surface area (Å²) in [5, 5.41) is 0. The molecule has 0 aliphatic carbocycles. The summed E-state index contributed by atoms with van der Waals surface area (Å²) in [5.74, 6) is 1.30. The van der Waals surface area contributed by atoms with Crippen LogP contribution in [0, 0.1) is 0 Å². The molecule has 0 aliphatic rings. The van der Waals surface area contributed by atoms with Gasteiger partial charge in [0, 0.05) is 24.7 Å². The van der Waals surface area contributed by atoms with Crippen LogP contribution in [-0.2, 0) is 7.05 Å². The second kappa shape index (κ2) is 3.70. The summed E-state index contributed by atoms with van der Waals surface area (Å²) < 4.78 is 1.95. The van der Waals surface area contributed by atoms with Crippen LogP contribution in [0.3, 0.4) is 0 Å². The standard InChI is InChI=1S/C12H15N3O/c1-7(2)11-14-10-9(8(3)16)5-6-13-12(10)15(11)4/h5-7H,1-4H3. The van der Waals surface area contributed by atoms with E-state index in [9.17, 15) is 4.79 Å². The fraction of sp³-hybridized carbons (Fsp3) is 0.417. The molecule has 0 atom stereocenters. The van der Waals surface area contributed by atoms with Crippen molar-refractivity contribution in [1.82, 2.24) is 14.5 Å². The summed E-state index contributed by atoms with van der Waals surface area (Å²) in [6.45, 7) is 5.71. The predicted octanol–water partition coefficient (Wildman–Crippen LogP) is 2.29. The van der Waals surface area contributed by atoms with Crippen LogP contribution in [0.2, 0.25) is 0 Å². The van der Waals surface area contributed by atoms with Gasteiger partial charge in [-0.25, -0.2) is 9.97 Å². The van der Waals surface area contributed by atoms with Gasteiger partial charge in [0.15, 0.2) is 11.4 Å². The molecular weight excluding hydrogens is 202 g/mol. The van der Waals surface area contributed by atoms with Gasteiger partial charge in [0.05, 0.1) is 0 Å². The van der Waals surface area contributed by atoms with Crippen LogP contribution in [0.25, 0.3) is 11.2 Å². The topological polar surface area (TPSA) is 47.8 Å². The molecule has 4 nitrogen and oxygen atoms in total. The number of imidazole rings is 1. The minimum atomic E-state index is 0.0285. The maximum Gasteiger partial charge on any atom is 0.162 e. The number of carbonyl (C=O) groups is 1. The zero-order valence-electron chi connectivity index (χ0n) is 9.98. The molecule has 0 amide bonds. The molecule has 2 rings (SSSR count). The van der Waals surface area contributed by atoms with Gasteiger partial charge in [-0.2, -0.15) is 0 Å². The highest BCUT2D eigenvalue weighted by Crippen LogP contribution is 2.21. The van der Waals surface area contributed by atoms with Crippen molar-refractivity contribution >= 4 is 16.9 Å². The van der Waals surface area contributed by atoms with E-state index in [1.54, 1.807) is 19.2 Å². The van der Waals surface area contributed by atoms with Gasteiger partial charge in [0.2, 0.25) is 0 Å². The Bertz CT molecular complexity index is 555. The molecule has 2 aromatic rings. The number of carbonyl (C=O) groups excluding carboxylic acids is 1. The minimum Gasteiger partial charge on any atom is -0.316 e. The fourth-order valence-corrected chi connectivity index (χ4v) is 1.90. The summed E-state index contributed by atoms with van der Waals surface area (Å²) >= 11 is 0. The Kier molecular flexibility index (Phi) is 2.50. The van der Waals surface area contributed by atoms with Crippen LogP contribution in [0.4, 0.5) is 0 Å². The Labute approximate surface area is 94.3 Å². The highest BCUT2D eigenvalue weighted by atomic mass is 16.1. The molecule has 0 aliphatic heterocycles. The van der Waals surface area contributed by atoms with E-state index in [4.69, 9.17) is 0 Å². The van der Waals surface area contributed by atoms with Crippen LogP contribution >= 0.6 is 0 Å². The van der Waals surface area contributed by atoms with Gasteiger partial charge >= 0.3 is 0 Å². The third kappa shape index (κ3) is 1.50. The monoisotopic (exact) mass is 217 g/mol. The van der Waals surface area contributed by atoms with E-state index in [1.165, 1.54) is 0 Å². The first-order valence-corrected chi connectivity index (χ1v) is 5.34. The Hall–Kier alpha value is -1.71. The molecule has 0 saturated heterocycles. The van der Waals surface area contributed by atoms with Gasteiger partial charge < -0.3 is 4.57 Å². The molecule has 0 spiro atoms. The highest BCUT2D eigenvalue weighted by Gasteiger charge is 2.15. The average Bonchev–Trinajstić information content (AvgIpc) is 2.56. The lowest BCUT2D eigenvalue weighted by atomic mass is 10.2. The van der Waals surface area contributed by atoms with E-state index >= 15 is 0 Å². The van der Waals surface area contributed by atoms with Crippen molar-refractivity contribution in [2.24, 2.45) is 7.05 Å². The Balaban J connectivity index is 2.80. The van der Waals surface area contributed by atoms with Crippen molar-refractivity contribution < 1.29 is 4.79 Å². The van der Waals surface area contributed by atoms with Crippen LogP contribution in [0.15, 0.2) is 12.3 Å². The zero-order valence-corrected chi connectivity index (χ0v) is 9.98. The third-order valence-corrected chi connectivity index (χ3v) is 2.69. The van der Waals surface area contributed by atoms with Gasteiger partial charge in [-0.15, -0.1) is 0 Å². The van der Waals surface area contributed by atoms with Crippen molar-refractivity contribution in [1.29, 1.82) is 0 Å². The molecule has 16 heavy (non-hydrogen) atoms. The van der Waals surface area contributed by atoms with Crippen molar-refractivity contribution in [3.05, 3.63) is 23.7 Å². The number of rotatable bonds is 2. The zero-order chi connectivity index (χ0) is 11.9. The van der Waals surface area contributed by atoms with Gasteiger partial charge in [-0.05, 0) is 13.0 Å². The number of nitrogens with zero attached hydrogens (tertiary/aromatic N) is 3. The number of Topliss-reactive ketones (excluding diaryl/α,β-unsaturated/α-hetero) is 1. The number of ketones is 1. The fourth-order valence-electron chi connectivity index (χ4n) is 1.90. The number of aromatic nitrogens is 3. The number of aryl methyl sites for hydroxylation is 1. The molecule has 0 aromatic carbocycles. The van der Waals surface area contributed by atoms with Gasteiger partial charge in [-0.1, -0.05) is 13.8 Å². The summed E-state index contributed by atoms with van der Waals surface area (Å²) in [4.78, 5) is 20.3. The van der Waals surface area contributed by atoms with Crippen molar-refractivity contribution in [3.63, 3.8) is 0 Å². The lowest BCUT2D eigenvalue weighted by Crippen LogP contribution is -2.00. The molecule has 0 unspecified atom stereocenters. The Morgan fingerprint density at radius 2 is 2.12 bits per heavy atom. The second-order valence-corrected chi connectivity index (χ2v) is 4.27. The number of pyridine rings is 1. The largest absolute Gasteiger partial charge is 0.316 e. The van der Waals surface area contributed by atoms with Crippen molar-refractivity contribution in [2.45, 2.75) is 26.7 Å². The molecule has 0 saturated carbocycles. The molecule has 0 radical (unpaired) electrons. The molecule has 0 bridgehead atoms. The molecular formula is C12H15N3O. The average molecular weight is 217 g/mol. The molecule has 84 valence electrons. The first kappa shape index (κ1) is 10.8. The maximum absolute atomic E-state index is 11.5. The number of hydrogen-bond donors (Lipinski definition) is 0. The number of fused-ring (bicyclic) bond motifs is 1. The Morgan fingerprint density at radius 3 is 2.69 bits per heavy atom. The molecule has 2 heterocycles. The van der Waals surface area contributed by atoms with E-state index in [-0.39, 0.29) is 5.78 Å². The minimum absolute atomic E-state index is 0.0285. The van der Waals surface area contributed by atoms with Gasteiger partial charge in [-0.3, -0.25) is 4.79 Å². The van der Waals surface area contributed by atoms with Crippen LogP contribution in [0.5, 0.6) is 0 Å². The summed E-state index contributed by atoms with van der Waals surface area (Å²) in [5.41, 5.74) is 2.13. The lowest BCUT2D eigenvalue weighted by Gasteiger charge is -2.03. The quantitative estimate of drug-likeness (QED) is 0.725. The summed E-state index contributed by atoms with van der Waals surface area (Å²) in [7, 11) is 1.93. The SMILES string of the molecule is CC(=O)c1ccnc2c1nc(C(C)C)n2C. The van der Waals surface area contributed by atoms with Crippen molar-refractivity contribution in [2.75, 3.05) is 0 Å². The number of hydrogen-bond acceptors (Lipinski definition) is 3.